The van der Waals surface area contributed by atoms with E-state index in [1.165, 1.54) is 5.56 Å². The summed E-state index contributed by atoms with van der Waals surface area (Å²) in [6.07, 6.45) is 1.32. The molecular weight excluding hydrogens is 342 g/mol. The highest BCUT2D eigenvalue weighted by Gasteiger charge is 2.19. The Morgan fingerprint density at radius 2 is 1.63 bits per heavy atom. The number of nitrogens with one attached hydrogen (secondary N) is 1. The molecule has 5 nitrogen and oxygen atoms in total. The third kappa shape index (κ3) is 5.33. The number of methoxy groups -OCH3 is 2. The molecule has 0 radical (unpaired) electrons. The molecule has 0 bridgehead atoms. The van der Waals surface area contributed by atoms with Crippen molar-refractivity contribution in [2.24, 2.45) is 0 Å². The monoisotopic (exact) mass is 369 g/mol. The highest BCUT2D eigenvalue weighted by Crippen LogP contribution is 2.27. The molecule has 2 aromatic rings. The zero-order valence-corrected chi connectivity index (χ0v) is 16.3. The molecule has 1 N–H and O–H groups in total. The average molecular weight is 369 g/mol. The van der Waals surface area contributed by atoms with E-state index in [1.54, 1.807) is 14.2 Å². The number of hydrogen-bond acceptors (Lipinski definition) is 4. The van der Waals surface area contributed by atoms with Gasteiger partial charge in [-0.2, -0.15) is 0 Å². The van der Waals surface area contributed by atoms with Crippen molar-refractivity contribution in [3.05, 3.63) is 59.2 Å². The van der Waals surface area contributed by atoms with E-state index in [2.05, 4.69) is 19.2 Å². The molecular formula is C22H27NO4. The fraction of sp³-hybridized carbons (Fsp3) is 0.364. The molecule has 0 aliphatic heterocycles. The lowest BCUT2D eigenvalue weighted by Crippen LogP contribution is -2.31. The molecule has 2 aromatic carbocycles. The normalized spacial score (nSPS) is 11.7. The van der Waals surface area contributed by atoms with E-state index >= 15 is 0 Å². The van der Waals surface area contributed by atoms with Gasteiger partial charge in [0.05, 0.1) is 14.2 Å². The Bertz CT molecular complexity index is 768. The third-order valence-electron chi connectivity index (χ3n) is 4.54. The molecule has 1 unspecified atom stereocenters. The Kier molecular flexibility index (Phi) is 7.41. The van der Waals surface area contributed by atoms with E-state index in [1.807, 2.05) is 42.5 Å². The fourth-order valence-corrected chi connectivity index (χ4v) is 2.86. The Labute approximate surface area is 160 Å². The molecule has 27 heavy (non-hydrogen) atoms. The molecule has 0 aromatic heterocycles. The predicted molar refractivity (Wildman–Crippen MR) is 106 cm³/mol. The smallest absolute Gasteiger partial charge is 0.234 e. The minimum absolute atomic E-state index is 0.289. The first-order valence-corrected chi connectivity index (χ1v) is 9.04. The molecule has 0 heterocycles. The maximum atomic E-state index is 12.4. The van der Waals surface area contributed by atoms with Crippen LogP contribution in [0.4, 0.5) is 0 Å². The van der Waals surface area contributed by atoms with Crippen LogP contribution >= 0.6 is 0 Å². The highest BCUT2D eigenvalue weighted by atomic mass is 16.5. The maximum Gasteiger partial charge on any atom is 0.234 e. The number of carbonyl (C=O) groups excluding carboxylic acids is 2. The summed E-state index contributed by atoms with van der Waals surface area (Å²) in [5.41, 5.74) is 2.90. The third-order valence-corrected chi connectivity index (χ3v) is 4.54. The summed E-state index contributed by atoms with van der Waals surface area (Å²) >= 11 is 0. The summed E-state index contributed by atoms with van der Waals surface area (Å²) in [4.78, 5) is 23.9. The van der Waals surface area contributed by atoms with Crippen molar-refractivity contribution in [2.75, 3.05) is 20.8 Å². The largest absolute Gasteiger partial charge is 0.493 e. The van der Waals surface area contributed by atoms with E-state index in [4.69, 9.17) is 9.47 Å². The van der Waals surface area contributed by atoms with Crippen LogP contribution in [0.3, 0.4) is 0 Å². The van der Waals surface area contributed by atoms with Gasteiger partial charge >= 0.3 is 0 Å². The van der Waals surface area contributed by atoms with Gasteiger partial charge in [0.1, 0.15) is 12.2 Å². The number of benzene rings is 2. The zero-order chi connectivity index (χ0) is 19.8. The molecule has 5 heteroatoms. The van der Waals surface area contributed by atoms with Crippen LogP contribution in [0.1, 0.15) is 42.4 Å². The lowest BCUT2D eigenvalue weighted by molar-refractivity contribution is -0.125. The molecule has 2 rings (SSSR count). The summed E-state index contributed by atoms with van der Waals surface area (Å²) in [7, 11) is 3.17. The van der Waals surface area contributed by atoms with Gasteiger partial charge in [0.2, 0.25) is 5.91 Å². The van der Waals surface area contributed by atoms with Gasteiger partial charge in [-0.3, -0.25) is 4.79 Å². The number of aldehydes is 1. The van der Waals surface area contributed by atoms with E-state index < -0.39 is 5.92 Å². The van der Waals surface area contributed by atoms with Crippen LogP contribution in [-0.4, -0.2) is 33.0 Å². The Balaban J connectivity index is 1.96. The molecule has 1 amide bonds. The van der Waals surface area contributed by atoms with Crippen molar-refractivity contribution in [2.45, 2.75) is 32.1 Å². The van der Waals surface area contributed by atoms with E-state index in [9.17, 15) is 9.59 Å². The summed E-state index contributed by atoms with van der Waals surface area (Å²) in [6.45, 7) is 4.64. The van der Waals surface area contributed by atoms with Crippen LogP contribution in [0.25, 0.3) is 0 Å². The zero-order valence-electron chi connectivity index (χ0n) is 16.3. The first-order chi connectivity index (χ1) is 13.0. The van der Waals surface area contributed by atoms with E-state index in [0.29, 0.717) is 42.2 Å². The standard InChI is InChI=1S/C22H27NO4/c1-15(2)17-6-8-18(9-7-17)19(14-24)22(25)23-12-11-16-5-10-20(26-3)21(13-16)27-4/h5-10,13-15,19H,11-12H2,1-4H3,(H,23,25). The minimum atomic E-state index is -0.795. The van der Waals surface area contributed by atoms with Gasteiger partial charge in [-0.25, -0.2) is 0 Å². The molecule has 1 atom stereocenters. The second kappa shape index (κ2) is 9.76. The van der Waals surface area contributed by atoms with Crippen molar-refractivity contribution >= 4 is 12.2 Å². The van der Waals surface area contributed by atoms with Crippen LogP contribution in [0.5, 0.6) is 11.5 Å². The van der Waals surface area contributed by atoms with Crippen molar-refractivity contribution in [1.29, 1.82) is 0 Å². The number of rotatable bonds is 9. The van der Waals surface area contributed by atoms with Crippen LogP contribution in [0.2, 0.25) is 0 Å². The fourth-order valence-electron chi connectivity index (χ4n) is 2.86. The number of ether oxygens (including phenoxy) is 2. The van der Waals surface area contributed by atoms with Crippen LogP contribution in [0, 0.1) is 0 Å². The van der Waals surface area contributed by atoms with Gasteiger partial charge in [-0.15, -0.1) is 0 Å². The molecule has 0 aliphatic rings. The predicted octanol–water partition coefficient (Wildman–Crippen LogP) is 3.47. The van der Waals surface area contributed by atoms with E-state index in [-0.39, 0.29) is 5.91 Å². The molecule has 144 valence electrons. The van der Waals surface area contributed by atoms with Crippen LogP contribution in [-0.2, 0) is 16.0 Å². The number of amides is 1. The SMILES string of the molecule is COc1ccc(CCNC(=O)C(C=O)c2ccc(C(C)C)cc2)cc1OC. The van der Waals surface area contributed by atoms with E-state index in [0.717, 1.165) is 5.56 Å². The molecule has 0 fully saturated rings. The van der Waals surface area contributed by atoms with Crippen LogP contribution < -0.4 is 14.8 Å². The highest BCUT2D eigenvalue weighted by molar-refractivity contribution is 5.97. The number of hydrogen-bond donors (Lipinski definition) is 1. The lowest BCUT2D eigenvalue weighted by Gasteiger charge is -2.14. The Morgan fingerprint density at radius 1 is 1.00 bits per heavy atom. The molecule has 0 aliphatic carbocycles. The second-order valence-electron chi connectivity index (χ2n) is 6.67. The minimum Gasteiger partial charge on any atom is -0.493 e. The topological polar surface area (TPSA) is 64.6 Å². The Hall–Kier alpha value is -2.82. The van der Waals surface area contributed by atoms with Gasteiger partial charge in [0.25, 0.3) is 0 Å². The average Bonchev–Trinajstić information content (AvgIpc) is 2.68. The molecule has 0 spiro atoms. The van der Waals surface area contributed by atoms with Gasteiger partial charge in [0, 0.05) is 6.54 Å². The second-order valence-corrected chi connectivity index (χ2v) is 6.67. The molecule has 0 saturated heterocycles. The van der Waals surface area contributed by atoms with Gasteiger partial charge in [0.15, 0.2) is 11.5 Å². The molecule has 0 saturated carbocycles. The summed E-state index contributed by atoms with van der Waals surface area (Å²) in [5, 5.41) is 2.84. The van der Waals surface area contributed by atoms with Crippen molar-refractivity contribution < 1.29 is 19.1 Å². The van der Waals surface area contributed by atoms with Crippen molar-refractivity contribution in [3.8, 4) is 11.5 Å². The van der Waals surface area contributed by atoms with Gasteiger partial charge in [-0.05, 0) is 41.2 Å². The van der Waals surface area contributed by atoms with Gasteiger partial charge < -0.3 is 19.6 Å². The lowest BCUT2D eigenvalue weighted by atomic mass is 9.95. The summed E-state index contributed by atoms with van der Waals surface area (Å²) < 4.78 is 10.5. The first kappa shape index (κ1) is 20.5. The maximum absolute atomic E-state index is 12.4. The summed E-state index contributed by atoms with van der Waals surface area (Å²) in [6, 6.07) is 13.3. The van der Waals surface area contributed by atoms with Gasteiger partial charge in [-0.1, -0.05) is 44.2 Å². The summed E-state index contributed by atoms with van der Waals surface area (Å²) in [5.74, 6) is 0.636. The first-order valence-electron chi connectivity index (χ1n) is 9.04. The quantitative estimate of drug-likeness (QED) is 0.543. The van der Waals surface area contributed by atoms with Crippen molar-refractivity contribution in [1.82, 2.24) is 5.32 Å². The van der Waals surface area contributed by atoms with Crippen LogP contribution in [0.15, 0.2) is 42.5 Å². The number of carbonyl (C=O) groups is 2. The Morgan fingerprint density at radius 3 is 2.19 bits per heavy atom. The van der Waals surface area contributed by atoms with Crippen molar-refractivity contribution in [3.63, 3.8) is 0 Å².